The van der Waals surface area contributed by atoms with Gasteiger partial charge < -0.3 is 20.3 Å². The lowest BCUT2D eigenvalue weighted by atomic mass is 10.0. The van der Waals surface area contributed by atoms with E-state index in [2.05, 4.69) is 43.5 Å². The molecule has 2 atom stereocenters. The van der Waals surface area contributed by atoms with Crippen LogP contribution in [0.3, 0.4) is 0 Å². The monoisotopic (exact) mass is 1220 g/mol. The van der Waals surface area contributed by atoms with Gasteiger partial charge in [-0.05, 0) is 77.0 Å². The number of carbonyl (C=O) groups excluding carboxylic acids is 2. The lowest BCUT2D eigenvalue weighted by Crippen LogP contribution is -2.45. The summed E-state index contributed by atoms with van der Waals surface area (Å²) >= 11 is 0. The molecule has 516 valence electrons. The summed E-state index contributed by atoms with van der Waals surface area (Å²) in [7, 11) is 0. The topological polar surface area (TPSA) is 95.9 Å². The molecule has 6 heteroatoms. The number of rotatable bonds is 76. The molecule has 0 rings (SSSR count). The Morgan fingerprint density at radius 2 is 0.540 bits per heavy atom. The van der Waals surface area contributed by atoms with Crippen LogP contribution in [0.1, 0.15) is 457 Å². The average molecular weight is 1230 g/mol. The standard InChI is InChI=1S/C81H157NO5/c1-3-5-7-9-11-13-15-17-19-42-45-49-53-57-61-65-69-73-79(84)78(77-83)82-80(85)74-70-66-62-58-54-50-46-43-40-38-36-34-32-30-28-26-24-22-21-23-25-27-29-31-33-35-37-39-41-44-48-52-56-60-64-68-72-76-87-81(86)75-71-67-63-59-55-51-47-20-18-16-14-12-10-8-6-4-2/h20-21,23,47,78-79,83-84H,3-19,22,24-46,48-77H2,1-2H3,(H,82,85)/b23-21-,47-20-. The first-order chi connectivity index (χ1) is 43.0. The number of nitrogens with one attached hydrogen (secondary N) is 1. The first-order valence-electron chi connectivity index (χ1n) is 40.1. The molecule has 2 unspecified atom stereocenters. The third-order valence-electron chi connectivity index (χ3n) is 19.0. The second-order valence-electron chi connectivity index (χ2n) is 27.7. The predicted octanol–water partition coefficient (Wildman–Crippen LogP) is 26.4. The van der Waals surface area contributed by atoms with E-state index in [4.69, 9.17) is 4.74 Å². The van der Waals surface area contributed by atoms with Gasteiger partial charge in [0.2, 0.25) is 5.91 Å². The van der Waals surface area contributed by atoms with Gasteiger partial charge in [-0.2, -0.15) is 0 Å². The van der Waals surface area contributed by atoms with Crippen molar-refractivity contribution in [3.8, 4) is 0 Å². The molecule has 0 aliphatic heterocycles. The molecule has 0 aliphatic rings. The van der Waals surface area contributed by atoms with Gasteiger partial charge in [-0.15, -0.1) is 0 Å². The molecule has 1 amide bonds. The summed E-state index contributed by atoms with van der Waals surface area (Å²) < 4.78 is 5.50. The lowest BCUT2D eigenvalue weighted by molar-refractivity contribution is -0.143. The van der Waals surface area contributed by atoms with E-state index >= 15 is 0 Å². The van der Waals surface area contributed by atoms with E-state index in [0.29, 0.717) is 25.9 Å². The van der Waals surface area contributed by atoms with Crippen molar-refractivity contribution in [3.05, 3.63) is 24.3 Å². The van der Waals surface area contributed by atoms with Crippen molar-refractivity contribution in [2.45, 2.75) is 469 Å². The van der Waals surface area contributed by atoms with E-state index < -0.39 is 12.1 Å². The number of hydrogen-bond acceptors (Lipinski definition) is 5. The Balaban J connectivity index is 3.32. The fraction of sp³-hybridized carbons (Fsp3) is 0.926. The number of aliphatic hydroxyl groups is 2. The van der Waals surface area contributed by atoms with Crippen LogP contribution in [0.15, 0.2) is 24.3 Å². The number of unbranched alkanes of at least 4 members (excludes halogenated alkanes) is 61. The van der Waals surface area contributed by atoms with Crippen molar-refractivity contribution in [2.75, 3.05) is 13.2 Å². The number of amides is 1. The maximum atomic E-state index is 12.5. The Morgan fingerprint density at radius 3 is 0.816 bits per heavy atom. The van der Waals surface area contributed by atoms with Gasteiger partial charge in [-0.3, -0.25) is 9.59 Å². The minimum Gasteiger partial charge on any atom is -0.466 e. The predicted molar refractivity (Wildman–Crippen MR) is 384 cm³/mol. The summed E-state index contributed by atoms with van der Waals surface area (Å²) in [6.45, 7) is 5.00. The highest BCUT2D eigenvalue weighted by atomic mass is 16.5. The van der Waals surface area contributed by atoms with Gasteiger partial charge in [0.25, 0.3) is 0 Å². The van der Waals surface area contributed by atoms with Crippen molar-refractivity contribution in [1.29, 1.82) is 0 Å². The Labute approximate surface area is 545 Å². The van der Waals surface area contributed by atoms with Crippen molar-refractivity contribution < 1.29 is 24.5 Å². The minimum atomic E-state index is -0.661. The van der Waals surface area contributed by atoms with Gasteiger partial charge in [-0.25, -0.2) is 0 Å². The molecule has 0 fully saturated rings. The van der Waals surface area contributed by atoms with Gasteiger partial charge >= 0.3 is 5.97 Å². The second-order valence-corrected chi connectivity index (χ2v) is 27.7. The average Bonchev–Trinajstić information content (AvgIpc) is 3.53. The lowest BCUT2D eigenvalue weighted by Gasteiger charge is -2.22. The zero-order valence-corrected chi connectivity index (χ0v) is 59.3. The number of aliphatic hydroxyl groups excluding tert-OH is 2. The van der Waals surface area contributed by atoms with E-state index in [1.165, 1.54) is 379 Å². The van der Waals surface area contributed by atoms with Crippen molar-refractivity contribution >= 4 is 11.9 Å². The van der Waals surface area contributed by atoms with Crippen LogP contribution in [-0.4, -0.2) is 47.4 Å². The summed E-state index contributed by atoms with van der Waals surface area (Å²) in [5, 5.41) is 23.4. The maximum absolute atomic E-state index is 12.5. The van der Waals surface area contributed by atoms with Gasteiger partial charge in [0.1, 0.15) is 0 Å². The van der Waals surface area contributed by atoms with Crippen LogP contribution in [-0.2, 0) is 14.3 Å². The summed E-state index contributed by atoms with van der Waals surface area (Å²) in [6.07, 6.45) is 98.5. The highest BCUT2D eigenvalue weighted by molar-refractivity contribution is 5.76. The summed E-state index contributed by atoms with van der Waals surface area (Å²) in [4.78, 5) is 24.6. The number of hydrogen-bond donors (Lipinski definition) is 3. The molecular weight excluding hydrogens is 1070 g/mol. The summed E-state index contributed by atoms with van der Waals surface area (Å²) in [5.74, 6) is -0.0117. The normalized spacial score (nSPS) is 12.6. The van der Waals surface area contributed by atoms with Crippen molar-refractivity contribution in [2.24, 2.45) is 0 Å². The molecule has 0 aromatic heterocycles. The molecule has 0 heterocycles. The van der Waals surface area contributed by atoms with E-state index in [-0.39, 0.29) is 18.5 Å². The first-order valence-corrected chi connectivity index (χ1v) is 40.1. The molecule has 0 saturated carbocycles. The molecular formula is C81H157NO5. The molecule has 6 nitrogen and oxygen atoms in total. The minimum absolute atomic E-state index is 0.0150. The largest absolute Gasteiger partial charge is 0.466 e. The zero-order chi connectivity index (χ0) is 62.8. The third-order valence-corrected chi connectivity index (χ3v) is 19.0. The molecule has 0 aromatic rings. The number of allylic oxidation sites excluding steroid dienone is 4. The highest BCUT2D eigenvalue weighted by Gasteiger charge is 2.20. The molecule has 0 aromatic carbocycles. The van der Waals surface area contributed by atoms with Crippen LogP contribution in [0.25, 0.3) is 0 Å². The molecule has 0 saturated heterocycles. The Morgan fingerprint density at radius 1 is 0.310 bits per heavy atom. The van der Waals surface area contributed by atoms with Crippen LogP contribution >= 0.6 is 0 Å². The molecule has 0 spiro atoms. The Bertz CT molecular complexity index is 1360. The van der Waals surface area contributed by atoms with E-state index in [9.17, 15) is 19.8 Å². The number of ether oxygens (including phenoxy) is 1. The molecule has 3 N–H and O–H groups in total. The Hall–Kier alpha value is -1.66. The summed E-state index contributed by atoms with van der Waals surface area (Å²) in [6, 6.07) is -0.538. The SMILES string of the molecule is CCCCCCCCC/C=C\CCCCCCCC(=O)OCCCCCCCCCCCCCCCCCC/C=C\CCCCCCCCCCCCCCCCCCCC(=O)NC(CO)C(O)CCCCCCCCCCCCCCCCCCC. The van der Waals surface area contributed by atoms with E-state index in [1.807, 2.05) is 0 Å². The third kappa shape index (κ3) is 73.3. The quantitative estimate of drug-likeness (QED) is 0.0320. The smallest absolute Gasteiger partial charge is 0.305 e. The van der Waals surface area contributed by atoms with Gasteiger partial charge in [-0.1, -0.05) is 391 Å². The highest BCUT2D eigenvalue weighted by Crippen LogP contribution is 2.20. The maximum Gasteiger partial charge on any atom is 0.305 e. The second kappa shape index (κ2) is 76.8. The Kier molecular flexibility index (Phi) is 75.3. The summed E-state index contributed by atoms with van der Waals surface area (Å²) in [5.41, 5.74) is 0. The van der Waals surface area contributed by atoms with Crippen LogP contribution < -0.4 is 5.32 Å². The van der Waals surface area contributed by atoms with Gasteiger partial charge in [0.05, 0.1) is 25.4 Å². The first kappa shape index (κ1) is 85.3. The van der Waals surface area contributed by atoms with Crippen LogP contribution in [0.2, 0.25) is 0 Å². The molecule has 0 bridgehead atoms. The van der Waals surface area contributed by atoms with Crippen LogP contribution in [0, 0.1) is 0 Å². The van der Waals surface area contributed by atoms with Gasteiger partial charge in [0.15, 0.2) is 0 Å². The van der Waals surface area contributed by atoms with E-state index in [0.717, 1.165) is 44.9 Å². The van der Waals surface area contributed by atoms with Crippen molar-refractivity contribution in [3.63, 3.8) is 0 Å². The van der Waals surface area contributed by atoms with Gasteiger partial charge in [0, 0.05) is 12.8 Å². The fourth-order valence-corrected chi connectivity index (χ4v) is 12.9. The number of esters is 1. The fourth-order valence-electron chi connectivity index (χ4n) is 12.9. The van der Waals surface area contributed by atoms with Crippen molar-refractivity contribution in [1.82, 2.24) is 5.32 Å². The van der Waals surface area contributed by atoms with Crippen LogP contribution in [0.4, 0.5) is 0 Å². The van der Waals surface area contributed by atoms with Crippen LogP contribution in [0.5, 0.6) is 0 Å². The molecule has 0 aliphatic carbocycles. The number of carbonyl (C=O) groups is 2. The molecule has 0 radical (unpaired) electrons. The van der Waals surface area contributed by atoms with E-state index in [1.54, 1.807) is 0 Å². The molecule has 87 heavy (non-hydrogen) atoms. The zero-order valence-electron chi connectivity index (χ0n) is 59.3.